The zero-order chi connectivity index (χ0) is 27.7. The Morgan fingerprint density at radius 3 is 2.22 bits per heavy atom. The number of ether oxygens (including phenoxy) is 1. The molecule has 10 nitrogen and oxygen atoms in total. The maximum absolute atomic E-state index is 10.6. The maximum Gasteiger partial charge on any atom is 0.490 e. The number of anilines is 1. The zero-order valence-electron chi connectivity index (χ0n) is 19.0. The molecule has 0 aliphatic carbocycles. The van der Waals surface area contributed by atoms with Crippen LogP contribution in [0.15, 0.2) is 17.1 Å². The number of alkyl halides is 6. The highest BCUT2D eigenvalue weighted by atomic mass is 32.1. The van der Waals surface area contributed by atoms with Crippen molar-refractivity contribution in [3.05, 3.63) is 22.1 Å². The van der Waals surface area contributed by atoms with Crippen molar-refractivity contribution in [1.82, 2.24) is 20.1 Å². The maximum atomic E-state index is 10.6. The summed E-state index contributed by atoms with van der Waals surface area (Å²) in [4.78, 5) is 27.1. The molecule has 1 atom stereocenters. The summed E-state index contributed by atoms with van der Waals surface area (Å²) in [7, 11) is 0. The van der Waals surface area contributed by atoms with Crippen molar-refractivity contribution in [3.8, 4) is 0 Å². The van der Waals surface area contributed by atoms with Gasteiger partial charge in [-0.2, -0.15) is 26.3 Å². The molecule has 2 aromatic rings. The molecule has 2 fully saturated rings. The minimum absolute atomic E-state index is 0.192. The van der Waals surface area contributed by atoms with E-state index in [4.69, 9.17) is 24.5 Å². The highest BCUT2D eigenvalue weighted by molar-refractivity contribution is 7.13. The fourth-order valence-corrected chi connectivity index (χ4v) is 4.92. The van der Waals surface area contributed by atoms with Gasteiger partial charge in [0.15, 0.2) is 0 Å². The van der Waals surface area contributed by atoms with Gasteiger partial charge in [0, 0.05) is 36.6 Å². The number of carboxylic acids is 2. The predicted molar refractivity (Wildman–Crippen MR) is 119 cm³/mol. The van der Waals surface area contributed by atoms with Gasteiger partial charge in [-0.05, 0) is 19.4 Å². The molecule has 1 spiro atoms. The van der Waals surface area contributed by atoms with Gasteiger partial charge in [0.25, 0.3) is 0 Å². The molecule has 2 N–H and O–H groups in total. The lowest BCUT2D eigenvalue weighted by Crippen LogP contribution is -2.50. The second-order valence-corrected chi connectivity index (χ2v) is 9.83. The van der Waals surface area contributed by atoms with E-state index in [-0.39, 0.29) is 5.41 Å². The standard InChI is InChI=1S/C15H21N5OS2.2C2HF3O2/c1-2-15(9-19(4-1)8-13-16-3-7-22-13)10-20(5-6-21-11-15)14-18-17-12-23-14;2*3-2(4,5)1(6)7/h3,7,12H,1-2,4-6,8-11H2;2*(H,6,7). The van der Waals surface area contributed by atoms with E-state index >= 15 is 0 Å². The van der Waals surface area contributed by atoms with E-state index < -0.39 is 24.3 Å². The summed E-state index contributed by atoms with van der Waals surface area (Å²) < 4.78 is 69.4. The SMILES string of the molecule is O=C(O)C(F)(F)F.O=C(O)C(F)(F)F.c1csc(CN2CCCC3(COCCN(c4nncs4)C3)C2)n1. The quantitative estimate of drug-likeness (QED) is 0.522. The number of nitrogens with zero attached hydrogens (tertiary/aromatic N) is 5. The first kappa shape index (κ1) is 30.7. The van der Waals surface area contributed by atoms with Gasteiger partial charge >= 0.3 is 24.3 Å². The van der Waals surface area contributed by atoms with Crippen molar-refractivity contribution in [2.24, 2.45) is 5.41 Å². The monoisotopic (exact) mass is 579 g/mol. The van der Waals surface area contributed by atoms with Crippen LogP contribution in [0, 0.1) is 5.41 Å². The second-order valence-electron chi connectivity index (χ2n) is 8.04. The largest absolute Gasteiger partial charge is 0.490 e. The predicted octanol–water partition coefficient (Wildman–Crippen LogP) is 3.38. The number of carbonyl (C=O) groups is 2. The molecule has 37 heavy (non-hydrogen) atoms. The first-order valence-corrected chi connectivity index (χ1v) is 12.3. The lowest BCUT2D eigenvalue weighted by Gasteiger charge is -2.43. The van der Waals surface area contributed by atoms with Crippen LogP contribution in [0.3, 0.4) is 0 Å². The van der Waals surface area contributed by atoms with Crippen LogP contribution in [0.2, 0.25) is 0 Å². The molecule has 0 radical (unpaired) electrons. The van der Waals surface area contributed by atoms with Crippen LogP contribution >= 0.6 is 22.7 Å². The Morgan fingerprint density at radius 2 is 1.70 bits per heavy atom. The molecule has 18 heteroatoms. The van der Waals surface area contributed by atoms with E-state index in [0.717, 1.165) is 51.1 Å². The molecule has 2 saturated heterocycles. The second kappa shape index (κ2) is 13.3. The highest BCUT2D eigenvalue weighted by Crippen LogP contribution is 2.35. The number of thiazole rings is 1. The molecule has 4 rings (SSSR count). The first-order chi connectivity index (χ1) is 17.2. The molecule has 4 heterocycles. The van der Waals surface area contributed by atoms with Crippen molar-refractivity contribution in [2.45, 2.75) is 31.7 Å². The number of rotatable bonds is 3. The molecule has 0 amide bonds. The number of hydrogen-bond donors (Lipinski definition) is 2. The van der Waals surface area contributed by atoms with Crippen LogP contribution in [0.4, 0.5) is 31.5 Å². The number of hydrogen-bond acceptors (Lipinski definition) is 10. The van der Waals surface area contributed by atoms with Gasteiger partial charge in [0.1, 0.15) is 10.5 Å². The van der Waals surface area contributed by atoms with E-state index in [9.17, 15) is 26.3 Å². The van der Waals surface area contributed by atoms with E-state index in [2.05, 4.69) is 30.4 Å². The topological polar surface area (TPSA) is 129 Å². The lowest BCUT2D eigenvalue weighted by atomic mass is 9.80. The number of aliphatic carboxylic acids is 2. The van der Waals surface area contributed by atoms with Crippen molar-refractivity contribution >= 4 is 39.7 Å². The van der Waals surface area contributed by atoms with Gasteiger partial charge in [-0.3, -0.25) is 4.90 Å². The Morgan fingerprint density at radius 1 is 1.05 bits per heavy atom. The normalized spacial score (nSPS) is 20.8. The van der Waals surface area contributed by atoms with Crippen LogP contribution in [0.5, 0.6) is 0 Å². The van der Waals surface area contributed by atoms with Crippen LogP contribution in [-0.4, -0.2) is 94.0 Å². The summed E-state index contributed by atoms with van der Waals surface area (Å²) in [5.41, 5.74) is 2.00. The van der Waals surface area contributed by atoms with Crippen molar-refractivity contribution in [2.75, 3.05) is 44.3 Å². The minimum atomic E-state index is -5.08. The number of piperidine rings is 1. The Balaban J connectivity index is 0.000000286. The summed E-state index contributed by atoms with van der Waals surface area (Å²) >= 11 is 3.36. The van der Waals surface area contributed by atoms with E-state index in [0.29, 0.717) is 0 Å². The summed E-state index contributed by atoms with van der Waals surface area (Å²) in [6.07, 6.45) is -5.83. The third-order valence-electron chi connectivity index (χ3n) is 5.13. The fraction of sp³-hybridized carbons (Fsp3) is 0.632. The minimum Gasteiger partial charge on any atom is -0.475 e. The average molecular weight is 580 g/mol. The molecule has 0 aromatic carbocycles. The average Bonchev–Trinajstić information content (AvgIpc) is 3.47. The van der Waals surface area contributed by atoms with Gasteiger partial charge < -0.3 is 19.8 Å². The Bertz CT molecular complexity index is 953. The molecule has 2 aromatic heterocycles. The molecule has 2 aliphatic heterocycles. The molecule has 0 bridgehead atoms. The van der Waals surface area contributed by atoms with Crippen LogP contribution < -0.4 is 4.90 Å². The summed E-state index contributed by atoms with van der Waals surface area (Å²) in [5, 5.41) is 26.8. The van der Waals surface area contributed by atoms with Gasteiger partial charge in [-0.15, -0.1) is 21.5 Å². The summed E-state index contributed by atoms with van der Waals surface area (Å²) in [5.74, 6) is -5.51. The number of carboxylic acid groups (broad SMARTS) is 2. The third-order valence-corrected chi connectivity index (χ3v) is 6.64. The Labute approximate surface area is 214 Å². The molecule has 1 unspecified atom stereocenters. The summed E-state index contributed by atoms with van der Waals surface area (Å²) in [6, 6.07) is 0. The third kappa shape index (κ3) is 10.4. The van der Waals surface area contributed by atoms with Crippen molar-refractivity contribution < 1.29 is 50.9 Å². The molecule has 2 aliphatic rings. The van der Waals surface area contributed by atoms with Crippen LogP contribution in [0.25, 0.3) is 0 Å². The smallest absolute Gasteiger partial charge is 0.475 e. The van der Waals surface area contributed by atoms with Gasteiger partial charge in [-0.1, -0.05) is 11.3 Å². The van der Waals surface area contributed by atoms with Crippen molar-refractivity contribution in [3.63, 3.8) is 0 Å². The fourth-order valence-electron chi connectivity index (χ4n) is 3.68. The molecular weight excluding hydrogens is 556 g/mol. The highest BCUT2D eigenvalue weighted by Gasteiger charge is 2.40. The number of halogens is 6. The van der Waals surface area contributed by atoms with Crippen molar-refractivity contribution in [1.29, 1.82) is 0 Å². The van der Waals surface area contributed by atoms with Crippen LogP contribution in [-0.2, 0) is 20.9 Å². The van der Waals surface area contributed by atoms with Gasteiger partial charge in [0.05, 0.1) is 19.8 Å². The number of aromatic nitrogens is 3. The molecular formula is C19H23F6N5O5S2. The van der Waals surface area contributed by atoms with E-state index in [1.54, 1.807) is 22.7 Å². The van der Waals surface area contributed by atoms with Crippen LogP contribution in [0.1, 0.15) is 17.8 Å². The van der Waals surface area contributed by atoms with E-state index in [1.165, 1.54) is 17.8 Å². The molecule has 0 saturated carbocycles. The lowest BCUT2D eigenvalue weighted by molar-refractivity contribution is -0.193. The van der Waals surface area contributed by atoms with Gasteiger partial charge in [-0.25, -0.2) is 14.6 Å². The molecule has 208 valence electrons. The Hall–Kier alpha value is -2.57. The summed E-state index contributed by atoms with van der Waals surface area (Å²) in [6.45, 7) is 6.71. The number of likely N-dealkylation sites (tertiary alicyclic amines) is 1. The Kier molecular flexibility index (Phi) is 11.0. The van der Waals surface area contributed by atoms with Gasteiger partial charge in [0.2, 0.25) is 5.13 Å². The first-order valence-electron chi connectivity index (χ1n) is 10.5. The van der Waals surface area contributed by atoms with E-state index in [1.807, 2.05) is 11.7 Å². The zero-order valence-corrected chi connectivity index (χ0v) is 20.7.